The van der Waals surface area contributed by atoms with Crippen LogP contribution in [-0.4, -0.2) is 144 Å². The third-order valence-electron chi connectivity index (χ3n) is 1.40. The Hall–Kier alpha value is 3.04. The third-order valence-corrected chi connectivity index (χ3v) is 3.10. The van der Waals surface area contributed by atoms with E-state index < -0.39 is 30.0 Å². The Morgan fingerprint density at radius 3 is 1.22 bits per heavy atom. The normalized spacial score (nSPS) is 9.89. The average Bonchev–Trinajstić information content (AvgIpc) is 2.01. The SMILES string of the molecule is O=S(=O)(O)c1cccc(S(=O)(=O)O)c1.[NaH].[NaH].[NaH].[NaH]. The number of rotatable bonds is 2. The molecule has 0 fully saturated rings. The maximum absolute atomic E-state index is 10.6. The van der Waals surface area contributed by atoms with Gasteiger partial charge in [-0.3, -0.25) is 9.11 Å². The molecule has 0 saturated heterocycles. The summed E-state index contributed by atoms with van der Waals surface area (Å²) in [6.07, 6.45) is 0. The summed E-state index contributed by atoms with van der Waals surface area (Å²) in [5.41, 5.74) is 0. The van der Waals surface area contributed by atoms with Crippen molar-refractivity contribution in [3.63, 3.8) is 0 Å². The van der Waals surface area contributed by atoms with Crippen molar-refractivity contribution in [1.29, 1.82) is 0 Å². The van der Waals surface area contributed by atoms with Gasteiger partial charge in [0.25, 0.3) is 20.2 Å². The van der Waals surface area contributed by atoms with E-state index in [0.717, 1.165) is 18.2 Å². The van der Waals surface area contributed by atoms with Gasteiger partial charge in [0.15, 0.2) is 0 Å². The molecule has 12 heteroatoms. The fourth-order valence-corrected chi connectivity index (χ4v) is 1.92. The van der Waals surface area contributed by atoms with Gasteiger partial charge in [-0.05, 0) is 18.2 Å². The molecule has 0 unspecified atom stereocenters. The maximum atomic E-state index is 10.6. The first-order valence-corrected chi connectivity index (χ1v) is 6.14. The molecule has 0 aliphatic carbocycles. The van der Waals surface area contributed by atoms with Crippen molar-refractivity contribution in [2.45, 2.75) is 9.79 Å². The standard InChI is InChI=1S/C6H6O6S2.4Na.4H/c7-13(8,9)5-2-1-3-6(4-5)14(10,11)12;;;;;;;;/h1-4H,(H,7,8,9)(H,10,11,12);;;;;;;;. The predicted octanol–water partition coefficient (Wildman–Crippen LogP) is -2.41. The van der Waals surface area contributed by atoms with E-state index in [-0.39, 0.29) is 118 Å². The first-order chi connectivity index (χ1) is 6.21. The number of hydrogen-bond acceptors (Lipinski definition) is 4. The second-order valence-corrected chi connectivity index (χ2v) is 5.27. The van der Waals surface area contributed by atoms with Gasteiger partial charge in [0.05, 0.1) is 9.79 Å². The number of benzene rings is 1. The molecule has 0 heterocycles. The molecule has 86 valence electrons. The van der Waals surface area contributed by atoms with E-state index in [1.54, 1.807) is 0 Å². The molecule has 0 aliphatic rings. The molecule has 2 N–H and O–H groups in total. The van der Waals surface area contributed by atoms with Gasteiger partial charge in [-0.1, -0.05) is 6.07 Å². The van der Waals surface area contributed by atoms with E-state index >= 15 is 0 Å². The zero-order valence-electron chi connectivity index (χ0n) is 6.65. The summed E-state index contributed by atoms with van der Waals surface area (Å²) in [5.74, 6) is 0. The quantitative estimate of drug-likeness (QED) is 0.461. The third kappa shape index (κ3) is 9.88. The fourth-order valence-electron chi connectivity index (χ4n) is 0.795. The Balaban J connectivity index is -0.000000245. The van der Waals surface area contributed by atoms with Crippen LogP contribution in [0.3, 0.4) is 0 Å². The van der Waals surface area contributed by atoms with Crippen molar-refractivity contribution in [3.05, 3.63) is 24.3 Å². The van der Waals surface area contributed by atoms with Crippen molar-refractivity contribution in [3.8, 4) is 0 Å². The van der Waals surface area contributed by atoms with Crippen LogP contribution in [0.15, 0.2) is 34.1 Å². The molecule has 18 heavy (non-hydrogen) atoms. The minimum absolute atomic E-state index is 0. The Bertz CT molecular complexity index is 508. The topological polar surface area (TPSA) is 109 Å². The molecule has 1 aromatic carbocycles. The predicted molar refractivity (Wildman–Crippen MR) is 74.7 cm³/mol. The van der Waals surface area contributed by atoms with Crippen LogP contribution in [0.4, 0.5) is 0 Å². The number of hydrogen-bond donors (Lipinski definition) is 2. The fraction of sp³-hybridized carbons (Fsp3) is 0. The van der Waals surface area contributed by atoms with Crippen LogP contribution in [0.25, 0.3) is 0 Å². The van der Waals surface area contributed by atoms with Crippen LogP contribution in [0, 0.1) is 0 Å². The monoisotopic (exact) mass is 334 g/mol. The van der Waals surface area contributed by atoms with E-state index in [0.29, 0.717) is 6.07 Å². The van der Waals surface area contributed by atoms with Gasteiger partial charge in [0, 0.05) is 0 Å². The minimum atomic E-state index is -4.46. The second-order valence-electron chi connectivity index (χ2n) is 2.42. The average molecular weight is 334 g/mol. The van der Waals surface area contributed by atoms with Crippen molar-refractivity contribution in [2.75, 3.05) is 0 Å². The van der Waals surface area contributed by atoms with Gasteiger partial charge < -0.3 is 0 Å². The van der Waals surface area contributed by atoms with Crippen LogP contribution in [0.2, 0.25) is 0 Å². The van der Waals surface area contributed by atoms with Crippen LogP contribution >= 0.6 is 0 Å². The molecule has 6 nitrogen and oxygen atoms in total. The van der Waals surface area contributed by atoms with Gasteiger partial charge in [-0.15, -0.1) is 0 Å². The van der Waals surface area contributed by atoms with Crippen molar-refractivity contribution >= 4 is 138 Å². The summed E-state index contributed by atoms with van der Waals surface area (Å²) < 4.78 is 59.5. The van der Waals surface area contributed by atoms with Crippen molar-refractivity contribution in [2.24, 2.45) is 0 Å². The molecule has 0 aromatic heterocycles. The van der Waals surface area contributed by atoms with Crippen LogP contribution in [0.1, 0.15) is 0 Å². The zero-order valence-corrected chi connectivity index (χ0v) is 8.29. The molecule has 0 aliphatic heterocycles. The van der Waals surface area contributed by atoms with Crippen LogP contribution in [0.5, 0.6) is 0 Å². The Morgan fingerprint density at radius 1 is 0.722 bits per heavy atom. The van der Waals surface area contributed by atoms with E-state index in [1.165, 1.54) is 0 Å². The summed E-state index contributed by atoms with van der Waals surface area (Å²) in [4.78, 5) is -1.18. The molecule has 0 radical (unpaired) electrons. The Morgan fingerprint density at radius 2 is 1.00 bits per heavy atom. The Kier molecular flexibility index (Phi) is 18.7. The molecule has 0 saturated carbocycles. The van der Waals surface area contributed by atoms with Gasteiger partial charge >= 0.3 is 118 Å². The molecule has 0 spiro atoms. The molecule has 0 atom stereocenters. The molecule has 0 bridgehead atoms. The summed E-state index contributed by atoms with van der Waals surface area (Å²) in [7, 11) is -8.92. The van der Waals surface area contributed by atoms with Gasteiger partial charge in [-0.2, -0.15) is 16.8 Å². The second kappa shape index (κ2) is 11.6. The van der Waals surface area contributed by atoms with E-state index in [2.05, 4.69) is 0 Å². The van der Waals surface area contributed by atoms with Gasteiger partial charge in [0.2, 0.25) is 0 Å². The first kappa shape index (κ1) is 29.1. The van der Waals surface area contributed by atoms with E-state index in [4.69, 9.17) is 9.11 Å². The Labute approximate surface area is 194 Å². The van der Waals surface area contributed by atoms with Crippen LogP contribution < -0.4 is 0 Å². The van der Waals surface area contributed by atoms with Gasteiger partial charge in [0.1, 0.15) is 0 Å². The van der Waals surface area contributed by atoms with Crippen molar-refractivity contribution in [1.82, 2.24) is 0 Å². The summed E-state index contributed by atoms with van der Waals surface area (Å²) in [6.45, 7) is 0. The summed E-state index contributed by atoms with van der Waals surface area (Å²) >= 11 is 0. The summed E-state index contributed by atoms with van der Waals surface area (Å²) in [5, 5.41) is 0. The molecule has 0 amide bonds. The van der Waals surface area contributed by atoms with Gasteiger partial charge in [-0.25, -0.2) is 0 Å². The zero-order chi connectivity index (χ0) is 11.0. The van der Waals surface area contributed by atoms with E-state index in [9.17, 15) is 16.8 Å². The molecule has 1 rings (SSSR count). The molecular formula is C6H10Na4O6S2. The van der Waals surface area contributed by atoms with E-state index in [1.807, 2.05) is 0 Å². The first-order valence-electron chi connectivity index (χ1n) is 3.26. The summed E-state index contributed by atoms with van der Waals surface area (Å²) in [6, 6.07) is 3.75. The van der Waals surface area contributed by atoms with Crippen LogP contribution in [-0.2, 0) is 20.2 Å². The molecular weight excluding hydrogens is 324 g/mol. The molecule has 1 aromatic rings. The van der Waals surface area contributed by atoms with Crippen molar-refractivity contribution < 1.29 is 25.9 Å².